The number of benzene rings is 1. The van der Waals surface area contributed by atoms with Crippen molar-refractivity contribution in [3.8, 4) is 11.5 Å². The maximum absolute atomic E-state index is 11.7. The average Bonchev–Trinajstić information content (AvgIpc) is 2.99. The van der Waals surface area contributed by atoms with Gasteiger partial charge in [0.25, 0.3) is 11.6 Å². The lowest BCUT2D eigenvalue weighted by Gasteiger charge is -2.10. The molecule has 1 N–H and O–H groups in total. The Labute approximate surface area is 137 Å². The van der Waals surface area contributed by atoms with Crippen molar-refractivity contribution in [3.05, 3.63) is 33.9 Å². The second kappa shape index (κ2) is 7.44. The summed E-state index contributed by atoms with van der Waals surface area (Å²) in [5, 5.41) is 13.6. The Morgan fingerprint density at radius 3 is 2.71 bits per heavy atom. The SMILES string of the molecule is CCNC(=O)[C@H](C)OC(=O)/C=C/c1cc2c(cc1[N+](=O)[O-])OCO2. The number of hydrogen-bond donors (Lipinski definition) is 1. The molecule has 0 aromatic heterocycles. The molecule has 9 heteroatoms. The van der Waals surface area contributed by atoms with Gasteiger partial charge in [-0.15, -0.1) is 0 Å². The molecule has 9 nitrogen and oxygen atoms in total. The summed E-state index contributed by atoms with van der Waals surface area (Å²) in [4.78, 5) is 33.7. The van der Waals surface area contributed by atoms with Crippen LogP contribution in [0.1, 0.15) is 19.4 Å². The van der Waals surface area contributed by atoms with E-state index in [0.29, 0.717) is 12.3 Å². The molecule has 1 aliphatic rings. The van der Waals surface area contributed by atoms with Crippen LogP contribution in [0.3, 0.4) is 0 Å². The lowest BCUT2D eigenvalue weighted by Crippen LogP contribution is -2.35. The molecule has 2 rings (SSSR count). The summed E-state index contributed by atoms with van der Waals surface area (Å²) < 4.78 is 15.2. The van der Waals surface area contributed by atoms with E-state index in [1.165, 1.54) is 25.1 Å². The van der Waals surface area contributed by atoms with E-state index >= 15 is 0 Å². The summed E-state index contributed by atoms with van der Waals surface area (Å²) in [6.07, 6.45) is 1.28. The number of likely N-dealkylation sites (N-methyl/N-ethyl adjacent to an activating group) is 1. The predicted molar refractivity (Wildman–Crippen MR) is 82.5 cm³/mol. The van der Waals surface area contributed by atoms with Crippen LogP contribution < -0.4 is 14.8 Å². The van der Waals surface area contributed by atoms with E-state index in [0.717, 1.165) is 6.08 Å². The number of nitro groups is 1. The van der Waals surface area contributed by atoms with Gasteiger partial charge in [0.1, 0.15) is 0 Å². The van der Waals surface area contributed by atoms with Gasteiger partial charge in [-0.25, -0.2) is 4.79 Å². The molecular formula is C15H16N2O7. The monoisotopic (exact) mass is 336 g/mol. The van der Waals surface area contributed by atoms with Gasteiger partial charge in [0, 0.05) is 12.6 Å². The van der Waals surface area contributed by atoms with E-state index in [1.54, 1.807) is 6.92 Å². The summed E-state index contributed by atoms with van der Waals surface area (Å²) in [7, 11) is 0. The maximum atomic E-state index is 11.7. The molecule has 0 bridgehead atoms. The van der Waals surface area contributed by atoms with Gasteiger partial charge >= 0.3 is 5.97 Å². The number of carbonyl (C=O) groups is 2. The van der Waals surface area contributed by atoms with Crippen LogP contribution in [0.4, 0.5) is 5.69 Å². The summed E-state index contributed by atoms with van der Waals surface area (Å²) >= 11 is 0. The van der Waals surface area contributed by atoms with E-state index in [4.69, 9.17) is 14.2 Å². The van der Waals surface area contributed by atoms with E-state index < -0.39 is 22.9 Å². The van der Waals surface area contributed by atoms with Crippen molar-refractivity contribution in [1.29, 1.82) is 0 Å². The average molecular weight is 336 g/mol. The highest BCUT2D eigenvalue weighted by atomic mass is 16.7. The zero-order valence-corrected chi connectivity index (χ0v) is 13.1. The van der Waals surface area contributed by atoms with Gasteiger partial charge in [0.2, 0.25) is 6.79 Å². The molecular weight excluding hydrogens is 320 g/mol. The fourth-order valence-electron chi connectivity index (χ4n) is 1.98. The molecule has 128 valence electrons. The highest BCUT2D eigenvalue weighted by molar-refractivity contribution is 5.91. The molecule has 0 aliphatic carbocycles. The normalized spacial score (nSPS) is 13.6. The van der Waals surface area contributed by atoms with Crippen LogP contribution in [-0.4, -0.2) is 36.2 Å². The molecule has 1 aromatic carbocycles. The number of nitro benzene ring substituents is 1. The lowest BCUT2D eigenvalue weighted by molar-refractivity contribution is -0.385. The van der Waals surface area contributed by atoms with Crippen LogP contribution in [0.5, 0.6) is 11.5 Å². The second-order valence-corrected chi connectivity index (χ2v) is 4.83. The minimum Gasteiger partial charge on any atom is -0.454 e. The first-order chi connectivity index (χ1) is 11.4. The quantitative estimate of drug-likeness (QED) is 0.361. The van der Waals surface area contributed by atoms with Crippen molar-refractivity contribution >= 4 is 23.6 Å². The summed E-state index contributed by atoms with van der Waals surface area (Å²) in [6.45, 7) is 3.57. The van der Waals surface area contributed by atoms with Crippen molar-refractivity contribution in [2.75, 3.05) is 13.3 Å². The minimum atomic E-state index is -0.964. The van der Waals surface area contributed by atoms with Crippen LogP contribution in [0.15, 0.2) is 18.2 Å². The zero-order chi connectivity index (χ0) is 17.7. The third-order valence-corrected chi connectivity index (χ3v) is 3.13. The predicted octanol–water partition coefficient (Wildman–Crippen LogP) is 1.40. The van der Waals surface area contributed by atoms with Gasteiger partial charge in [-0.05, 0) is 26.0 Å². The van der Waals surface area contributed by atoms with E-state index in [-0.39, 0.29) is 23.8 Å². The number of esters is 1. The molecule has 0 unspecified atom stereocenters. The Morgan fingerprint density at radius 1 is 1.42 bits per heavy atom. The topological polar surface area (TPSA) is 117 Å². The van der Waals surface area contributed by atoms with Gasteiger partial charge in [0.05, 0.1) is 16.6 Å². The molecule has 0 saturated carbocycles. The molecule has 1 amide bonds. The van der Waals surface area contributed by atoms with Gasteiger partial charge < -0.3 is 19.5 Å². The molecule has 1 aliphatic heterocycles. The number of hydrogen-bond acceptors (Lipinski definition) is 7. The Kier molecular flexibility index (Phi) is 5.35. The summed E-state index contributed by atoms with van der Waals surface area (Å²) in [5.41, 5.74) is -0.0769. The zero-order valence-electron chi connectivity index (χ0n) is 13.1. The number of nitrogens with zero attached hydrogens (tertiary/aromatic N) is 1. The molecule has 0 fully saturated rings. The standard InChI is InChI=1S/C15H16N2O7/c1-3-16-15(19)9(2)24-14(18)5-4-10-6-12-13(23-8-22-12)7-11(10)17(20)21/h4-7,9H,3,8H2,1-2H3,(H,16,19)/b5-4+/t9-/m0/s1. The van der Waals surface area contributed by atoms with Gasteiger partial charge in [-0.1, -0.05) is 0 Å². The van der Waals surface area contributed by atoms with E-state index in [2.05, 4.69) is 5.32 Å². The van der Waals surface area contributed by atoms with Crippen LogP contribution in [-0.2, 0) is 14.3 Å². The van der Waals surface area contributed by atoms with Crippen molar-refractivity contribution < 1.29 is 28.7 Å². The van der Waals surface area contributed by atoms with Crippen molar-refractivity contribution in [2.45, 2.75) is 20.0 Å². The molecule has 24 heavy (non-hydrogen) atoms. The number of carbonyl (C=O) groups excluding carboxylic acids is 2. The fraction of sp³-hybridized carbons (Fsp3) is 0.333. The van der Waals surface area contributed by atoms with E-state index in [9.17, 15) is 19.7 Å². The first-order valence-corrected chi connectivity index (χ1v) is 7.16. The largest absolute Gasteiger partial charge is 0.454 e. The van der Waals surface area contributed by atoms with Crippen molar-refractivity contribution in [1.82, 2.24) is 5.32 Å². The van der Waals surface area contributed by atoms with Gasteiger partial charge in [0.15, 0.2) is 17.6 Å². The fourth-order valence-corrected chi connectivity index (χ4v) is 1.98. The highest BCUT2D eigenvalue weighted by Gasteiger charge is 2.22. The Morgan fingerprint density at radius 2 is 2.08 bits per heavy atom. The van der Waals surface area contributed by atoms with Gasteiger partial charge in [-0.3, -0.25) is 14.9 Å². The lowest BCUT2D eigenvalue weighted by atomic mass is 10.1. The highest BCUT2D eigenvalue weighted by Crippen LogP contribution is 2.38. The number of amides is 1. The molecule has 1 heterocycles. The summed E-state index contributed by atoms with van der Waals surface area (Å²) in [6, 6.07) is 2.63. The smallest absolute Gasteiger partial charge is 0.331 e. The molecule has 0 saturated heterocycles. The molecule has 1 atom stereocenters. The maximum Gasteiger partial charge on any atom is 0.331 e. The first kappa shape index (κ1) is 17.3. The van der Waals surface area contributed by atoms with E-state index in [1.807, 2.05) is 0 Å². The molecule has 0 spiro atoms. The molecule has 0 radical (unpaired) electrons. The second-order valence-electron chi connectivity index (χ2n) is 4.83. The van der Waals surface area contributed by atoms with Crippen LogP contribution in [0.2, 0.25) is 0 Å². The van der Waals surface area contributed by atoms with Crippen LogP contribution in [0.25, 0.3) is 6.08 Å². The third kappa shape index (κ3) is 4.00. The van der Waals surface area contributed by atoms with Crippen LogP contribution >= 0.6 is 0 Å². The number of nitrogens with one attached hydrogen (secondary N) is 1. The molecule has 1 aromatic rings. The van der Waals surface area contributed by atoms with Crippen molar-refractivity contribution in [3.63, 3.8) is 0 Å². The third-order valence-electron chi connectivity index (χ3n) is 3.13. The number of ether oxygens (including phenoxy) is 3. The summed E-state index contributed by atoms with van der Waals surface area (Å²) in [5.74, 6) is -0.593. The minimum absolute atomic E-state index is 0.0221. The van der Waals surface area contributed by atoms with Crippen molar-refractivity contribution in [2.24, 2.45) is 0 Å². The Bertz CT molecular complexity index is 699. The Hall–Kier alpha value is -3.10. The number of rotatable bonds is 6. The van der Waals surface area contributed by atoms with Crippen LogP contribution in [0, 0.1) is 10.1 Å². The Balaban J connectivity index is 2.12. The van der Waals surface area contributed by atoms with Gasteiger partial charge in [-0.2, -0.15) is 0 Å². The number of fused-ring (bicyclic) bond motifs is 1. The first-order valence-electron chi connectivity index (χ1n) is 7.16.